The number of ether oxygens (including phenoxy) is 6. The van der Waals surface area contributed by atoms with Crippen LogP contribution in [0.1, 0.15) is 10.5 Å². The highest BCUT2D eigenvalue weighted by atomic mass is 32.1. The molecule has 0 radical (unpaired) electrons. The van der Waals surface area contributed by atoms with Gasteiger partial charge in [0, 0.05) is 137 Å². The van der Waals surface area contributed by atoms with E-state index in [1.807, 2.05) is 153 Å². The molecule has 144 heavy (non-hydrogen) atoms. The van der Waals surface area contributed by atoms with Crippen molar-refractivity contribution in [3.63, 3.8) is 0 Å². The first-order chi connectivity index (χ1) is 70.3. The van der Waals surface area contributed by atoms with Gasteiger partial charge in [0.15, 0.2) is 0 Å². The van der Waals surface area contributed by atoms with Gasteiger partial charge in [-0.2, -0.15) is 0 Å². The van der Waals surface area contributed by atoms with Gasteiger partial charge in [0.1, 0.15) is 104 Å². The van der Waals surface area contributed by atoms with E-state index >= 15 is 0 Å². The van der Waals surface area contributed by atoms with Crippen LogP contribution in [0.5, 0.6) is 28.7 Å². The molecular formula is C105H94FN21O10S7. The molecule has 0 saturated carbocycles. The molecule has 21 aromatic rings. The number of methoxy groups -OCH3 is 2. The molecule has 25 rings (SSSR count). The fourth-order valence-electron chi connectivity index (χ4n) is 15.4. The summed E-state index contributed by atoms with van der Waals surface area (Å²) < 4.78 is 52.3. The predicted octanol–water partition coefficient (Wildman–Crippen LogP) is 20.9. The maximum Gasteiger partial charge on any atom is 0.267 e. The molecule has 0 bridgehead atoms. The Balaban J connectivity index is 0.000000107. The third-order valence-corrected chi connectivity index (χ3v) is 30.5. The molecule has 728 valence electrons. The Labute approximate surface area is 853 Å². The highest BCUT2D eigenvalue weighted by Crippen LogP contribution is 2.40. The van der Waals surface area contributed by atoms with Crippen LogP contribution in [0, 0.1) is 5.82 Å². The van der Waals surface area contributed by atoms with Crippen LogP contribution in [0.25, 0.3) is 146 Å². The van der Waals surface area contributed by atoms with E-state index in [1.54, 1.807) is 139 Å². The standard InChI is InChI=1S/C17H17N3O2S.C16H14FN3OS.C16H15N3O2S.C16H15N3OS.C14H11N3O2S.C14H13N3OS.C12H9N3OS/c1-21-13-3-4-14-15(10-13)23-17(19-14)12-2-5-16(18-11-12)20-6-8-22-9-7-20;17-12-2-3-13-14(9-12)22-16(19-13)11-1-4-15(18-10-11)20-5-7-21-8-6-20;20-12-2-3-13-14(9-12)22-16(18-13)11-1-4-15(17-10-11)19-5-7-21-8-6-19;1-2-4-14-13(3-1)18-16(21-14)12-5-6-15(17-11-12)19-7-9-20-10-8-19;1-19-9-3-5-10-12(6-9)20-14(17-10)8-2-4-11(13(15)18)16-7-8;1-17(2)9-3-5-12(15-8-9)14-16-11-6-4-10(18)7-13(11)19-14;13-11-4-1-7(6-14-11)12-15-9-3-2-8(16)5-10(9)17-12/h2-5,10-11H,6-9H2,1H3;1-4,9-10H,5-8H2;1-4,9-10,20H,5-8H2;1-6,11H,7-10H2;2-7H,1H3,(H2,15,18);3-8,18H,1-2H3;1-6,16H,(H2,13,14). The summed E-state index contributed by atoms with van der Waals surface area (Å²) in [5, 5.41) is 34.8. The van der Waals surface area contributed by atoms with Gasteiger partial charge in [-0.1, -0.05) is 12.1 Å². The lowest BCUT2D eigenvalue weighted by Gasteiger charge is -2.27. The molecule has 7 N–H and O–H groups in total. The largest absolute Gasteiger partial charge is 0.508 e. The molecule has 0 atom stereocenters. The summed E-state index contributed by atoms with van der Waals surface area (Å²) >= 11 is 11.0. The van der Waals surface area contributed by atoms with Gasteiger partial charge in [0.2, 0.25) is 0 Å². The number of rotatable bonds is 15. The average Bonchev–Trinajstić information content (AvgIpc) is 1.75. The SMILES string of the molecule is CN(C)c1ccc(-c2nc3ccc(O)cc3s2)nc1.COc1ccc2nc(-c3ccc(C(N)=O)nc3)sc2c1.COc1ccc2nc(-c3ccc(N4CCOCC4)nc3)sc2c1.Fc1ccc2nc(-c3ccc(N4CCOCC4)nc3)sc2c1.Nc1ccc(-c2nc3ccc(O)cc3s2)cn1.Oc1ccc2nc(-c3ccc(N4CCOCC4)nc3)sc2c1.c1ccc2sc(-c3ccc(N4CCOCC4)nc3)nc2c1. The van der Waals surface area contributed by atoms with E-state index in [0.29, 0.717) is 5.82 Å². The molecule has 4 aliphatic heterocycles. The van der Waals surface area contributed by atoms with Gasteiger partial charge >= 0.3 is 0 Å². The number of aromatic nitrogens is 14. The summed E-state index contributed by atoms with van der Waals surface area (Å²) in [6.45, 7) is 13.2. The van der Waals surface area contributed by atoms with Crippen molar-refractivity contribution in [2.75, 3.05) is 164 Å². The molecule has 4 aliphatic rings. The number of benzene rings is 7. The van der Waals surface area contributed by atoms with E-state index in [0.717, 1.165) is 287 Å². The van der Waals surface area contributed by atoms with Crippen LogP contribution in [0.4, 0.5) is 39.2 Å². The number of nitrogens with two attached hydrogens (primary N) is 2. The Kier molecular flexibility index (Phi) is 31.1. The Morgan fingerprint density at radius 3 is 0.965 bits per heavy atom. The first kappa shape index (κ1) is 97.7. The van der Waals surface area contributed by atoms with Gasteiger partial charge in [0.05, 0.1) is 156 Å². The molecule has 4 fully saturated rings. The van der Waals surface area contributed by atoms with Gasteiger partial charge in [-0.05, 0) is 206 Å². The lowest BCUT2D eigenvalue weighted by molar-refractivity contribution is 0.0995. The molecular weight excluding hydrogens is 1960 g/mol. The van der Waals surface area contributed by atoms with E-state index in [-0.39, 0.29) is 28.8 Å². The number of nitrogens with zero attached hydrogens (tertiary/aromatic N) is 19. The zero-order valence-corrected chi connectivity index (χ0v) is 83.9. The third kappa shape index (κ3) is 24.3. The van der Waals surface area contributed by atoms with Crippen LogP contribution in [-0.4, -0.2) is 225 Å². The minimum atomic E-state index is -0.536. The quantitative estimate of drug-likeness (QED) is 0.0636. The lowest BCUT2D eigenvalue weighted by Crippen LogP contribution is -2.36. The van der Waals surface area contributed by atoms with Crippen LogP contribution in [0.15, 0.2) is 262 Å². The van der Waals surface area contributed by atoms with Crippen molar-refractivity contribution < 1.29 is 52.9 Å². The van der Waals surface area contributed by atoms with E-state index < -0.39 is 5.91 Å². The number of morpholine rings is 4. The van der Waals surface area contributed by atoms with Crippen LogP contribution in [0.2, 0.25) is 0 Å². The molecule has 7 aromatic carbocycles. The second kappa shape index (κ2) is 45.8. The van der Waals surface area contributed by atoms with Gasteiger partial charge in [-0.15, -0.1) is 79.4 Å². The molecule has 18 heterocycles. The normalized spacial score (nSPS) is 13.6. The van der Waals surface area contributed by atoms with Crippen molar-refractivity contribution in [1.29, 1.82) is 0 Å². The summed E-state index contributed by atoms with van der Waals surface area (Å²) in [5.41, 5.74) is 25.1. The third-order valence-electron chi connectivity index (χ3n) is 23.1. The zero-order valence-electron chi connectivity index (χ0n) is 78.2. The summed E-state index contributed by atoms with van der Waals surface area (Å²) in [5.74, 6) is 6.11. The number of fused-ring (bicyclic) bond motifs is 7. The number of nitrogen functional groups attached to an aromatic ring is 1. The van der Waals surface area contributed by atoms with E-state index in [2.05, 4.69) is 126 Å². The smallest absolute Gasteiger partial charge is 0.267 e. The van der Waals surface area contributed by atoms with Crippen molar-refractivity contribution in [2.24, 2.45) is 5.73 Å². The zero-order chi connectivity index (χ0) is 98.9. The number of carbonyl (C=O) groups excluding carboxylic acids is 1. The predicted molar refractivity (Wildman–Crippen MR) is 577 cm³/mol. The van der Waals surface area contributed by atoms with Crippen LogP contribution in [-0.2, 0) is 18.9 Å². The van der Waals surface area contributed by atoms with Crippen LogP contribution < -0.4 is 45.4 Å². The monoisotopic (exact) mass is 2050 g/mol. The molecule has 1 amide bonds. The first-order valence-electron chi connectivity index (χ1n) is 45.7. The number of pyridine rings is 7. The van der Waals surface area contributed by atoms with Crippen molar-refractivity contribution in [3.8, 4) is 103 Å². The van der Waals surface area contributed by atoms with Gasteiger partial charge < -0.3 is 79.7 Å². The fraction of sp³-hybridized carbons (Fsp3) is 0.190. The molecule has 4 saturated heterocycles. The molecule has 14 aromatic heterocycles. The van der Waals surface area contributed by atoms with E-state index in [1.165, 1.54) is 50.8 Å². The number of anilines is 6. The van der Waals surface area contributed by atoms with Crippen molar-refractivity contribution in [1.82, 2.24) is 69.8 Å². The Bertz CT molecular complexity index is 7770. The first-order valence-corrected chi connectivity index (χ1v) is 51.4. The van der Waals surface area contributed by atoms with E-state index in [4.69, 9.17) is 39.9 Å². The number of phenolic OH excluding ortho intramolecular Hbond substituents is 3. The second-order valence-corrected chi connectivity index (χ2v) is 40.1. The minimum absolute atomic E-state index is 0.233. The Hall–Kier alpha value is -15.1. The topological polar surface area (TPSA) is 382 Å². The maximum atomic E-state index is 13.3. The van der Waals surface area contributed by atoms with Gasteiger partial charge in [-0.3, -0.25) is 14.8 Å². The van der Waals surface area contributed by atoms with Crippen LogP contribution >= 0.6 is 79.4 Å². The highest BCUT2D eigenvalue weighted by Gasteiger charge is 2.22. The van der Waals surface area contributed by atoms with Crippen LogP contribution in [0.3, 0.4) is 0 Å². The Morgan fingerprint density at radius 1 is 0.333 bits per heavy atom. The molecule has 0 unspecified atom stereocenters. The van der Waals surface area contributed by atoms with Crippen molar-refractivity contribution in [3.05, 3.63) is 273 Å². The molecule has 0 spiro atoms. The Morgan fingerprint density at radius 2 is 0.646 bits per heavy atom. The summed E-state index contributed by atoms with van der Waals surface area (Å²) in [4.78, 5) is 84.8. The molecule has 0 aliphatic carbocycles. The summed E-state index contributed by atoms with van der Waals surface area (Å²) in [6.07, 6.45) is 12.7. The van der Waals surface area contributed by atoms with E-state index in [9.17, 15) is 24.5 Å². The van der Waals surface area contributed by atoms with Gasteiger partial charge in [0.25, 0.3) is 5.91 Å². The molecule has 39 heteroatoms. The number of aromatic hydroxyl groups is 3. The number of amides is 1. The van der Waals surface area contributed by atoms with Crippen molar-refractivity contribution >= 4 is 192 Å². The summed E-state index contributed by atoms with van der Waals surface area (Å²) in [6, 6.07) is 67.6. The minimum Gasteiger partial charge on any atom is -0.508 e. The number of thiazole rings is 7. The number of phenols is 3. The highest BCUT2D eigenvalue weighted by molar-refractivity contribution is 7.24. The second-order valence-electron chi connectivity index (χ2n) is 32.9. The number of halogens is 1. The number of hydrogen-bond acceptors (Lipinski definition) is 37. The molecule has 31 nitrogen and oxygen atoms in total. The average molecular weight is 2050 g/mol. The number of primary amides is 1. The number of carbonyl (C=O) groups is 1. The summed E-state index contributed by atoms with van der Waals surface area (Å²) in [7, 11) is 7.28. The van der Waals surface area contributed by atoms with Crippen molar-refractivity contribution in [2.45, 2.75) is 0 Å². The lowest BCUT2D eigenvalue weighted by atomic mass is 10.2. The fourth-order valence-corrected chi connectivity index (χ4v) is 22.2. The van der Waals surface area contributed by atoms with Gasteiger partial charge in [-0.25, -0.2) is 64.2 Å². The number of para-hydroxylation sites is 1. The number of hydrogen-bond donors (Lipinski definition) is 5. The maximum absolute atomic E-state index is 13.3.